The number of thioether (sulfide) groups is 1. The first-order valence-electron chi connectivity index (χ1n) is 5.97. The number of hydrogen-bond donors (Lipinski definition) is 0. The predicted molar refractivity (Wildman–Crippen MR) is 74.9 cm³/mol. The van der Waals surface area contributed by atoms with Crippen LogP contribution in [-0.4, -0.2) is 43.5 Å². The number of rotatable bonds is 5. The van der Waals surface area contributed by atoms with Crippen molar-refractivity contribution in [2.75, 3.05) is 38.6 Å². The lowest BCUT2D eigenvalue weighted by atomic mass is 10.2. The summed E-state index contributed by atoms with van der Waals surface area (Å²) in [5.74, 6) is 2.25. The molecule has 0 spiro atoms. The van der Waals surface area contributed by atoms with Gasteiger partial charge in [-0.1, -0.05) is 23.7 Å². The highest BCUT2D eigenvalue weighted by Gasteiger charge is 2.09. The van der Waals surface area contributed by atoms with Crippen molar-refractivity contribution in [2.24, 2.45) is 0 Å². The van der Waals surface area contributed by atoms with Crippen molar-refractivity contribution in [3.8, 4) is 0 Å². The van der Waals surface area contributed by atoms with Crippen molar-refractivity contribution < 1.29 is 4.74 Å². The van der Waals surface area contributed by atoms with Gasteiger partial charge in [0.15, 0.2) is 0 Å². The van der Waals surface area contributed by atoms with Crippen molar-refractivity contribution >= 4 is 23.4 Å². The Kier molecular flexibility index (Phi) is 5.65. The largest absolute Gasteiger partial charge is 0.379 e. The molecule has 1 fully saturated rings. The molecule has 1 heterocycles. The molecule has 1 aromatic carbocycles. The van der Waals surface area contributed by atoms with E-state index in [2.05, 4.69) is 17.0 Å². The number of benzene rings is 1. The summed E-state index contributed by atoms with van der Waals surface area (Å²) >= 11 is 7.83. The van der Waals surface area contributed by atoms with Gasteiger partial charge in [-0.15, -0.1) is 0 Å². The number of morpholine rings is 1. The van der Waals surface area contributed by atoms with Crippen LogP contribution in [0.1, 0.15) is 5.56 Å². The Balaban J connectivity index is 1.60. The molecule has 94 valence electrons. The molecule has 0 atom stereocenters. The minimum Gasteiger partial charge on any atom is -0.379 e. The average molecular weight is 272 g/mol. The van der Waals surface area contributed by atoms with Crippen LogP contribution < -0.4 is 0 Å². The summed E-state index contributed by atoms with van der Waals surface area (Å²) in [6.07, 6.45) is 0. The molecular weight excluding hydrogens is 254 g/mol. The first kappa shape index (κ1) is 13.2. The van der Waals surface area contributed by atoms with Crippen LogP contribution in [-0.2, 0) is 10.5 Å². The molecule has 0 bridgehead atoms. The Morgan fingerprint density at radius 2 is 1.88 bits per heavy atom. The van der Waals surface area contributed by atoms with Crippen LogP contribution >= 0.6 is 23.4 Å². The molecule has 1 aromatic rings. The second kappa shape index (κ2) is 7.27. The summed E-state index contributed by atoms with van der Waals surface area (Å²) in [5, 5.41) is 0.812. The van der Waals surface area contributed by atoms with E-state index in [0.717, 1.165) is 37.1 Å². The molecule has 0 radical (unpaired) electrons. The molecule has 1 aliphatic rings. The number of hydrogen-bond acceptors (Lipinski definition) is 3. The zero-order valence-electron chi connectivity index (χ0n) is 9.90. The van der Waals surface area contributed by atoms with Crippen LogP contribution in [0.15, 0.2) is 24.3 Å². The molecule has 0 N–H and O–H groups in total. The fourth-order valence-electron chi connectivity index (χ4n) is 1.79. The van der Waals surface area contributed by atoms with E-state index in [1.54, 1.807) is 0 Å². The van der Waals surface area contributed by atoms with Gasteiger partial charge in [-0.05, 0) is 17.7 Å². The van der Waals surface area contributed by atoms with Crippen LogP contribution in [0.25, 0.3) is 0 Å². The summed E-state index contributed by atoms with van der Waals surface area (Å²) < 4.78 is 5.33. The molecule has 4 heteroatoms. The topological polar surface area (TPSA) is 12.5 Å². The Morgan fingerprint density at radius 1 is 1.18 bits per heavy atom. The van der Waals surface area contributed by atoms with Crippen molar-refractivity contribution in [3.05, 3.63) is 34.9 Å². The average Bonchev–Trinajstić information content (AvgIpc) is 2.38. The molecule has 0 aromatic heterocycles. The maximum Gasteiger partial charge on any atom is 0.0594 e. The molecule has 1 saturated heterocycles. The van der Waals surface area contributed by atoms with E-state index in [9.17, 15) is 0 Å². The molecule has 17 heavy (non-hydrogen) atoms. The van der Waals surface area contributed by atoms with Crippen molar-refractivity contribution in [1.29, 1.82) is 0 Å². The summed E-state index contributed by atoms with van der Waals surface area (Å²) in [7, 11) is 0. The zero-order chi connectivity index (χ0) is 11.9. The van der Waals surface area contributed by atoms with Crippen LogP contribution in [0.5, 0.6) is 0 Å². The standard InChI is InChI=1S/C13H18ClNOS/c14-13-3-1-12(2-4-13)11-17-10-7-15-5-8-16-9-6-15/h1-4H,5-11H2. The third-order valence-electron chi connectivity index (χ3n) is 2.84. The van der Waals surface area contributed by atoms with Crippen molar-refractivity contribution in [1.82, 2.24) is 4.90 Å². The lowest BCUT2D eigenvalue weighted by molar-refractivity contribution is 0.0410. The monoisotopic (exact) mass is 271 g/mol. The van der Waals surface area contributed by atoms with Gasteiger partial charge in [0.05, 0.1) is 13.2 Å². The third kappa shape index (κ3) is 4.88. The minimum atomic E-state index is 0.812. The lowest BCUT2D eigenvalue weighted by Crippen LogP contribution is -2.37. The minimum absolute atomic E-state index is 0.812. The summed E-state index contributed by atoms with van der Waals surface area (Å²) in [4.78, 5) is 2.47. The van der Waals surface area contributed by atoms with Crippen LogP contribution in [0.4, 0.5) is 0 Å². The smallest absolute Gasteiger partial charge is 0.0594 e. The first-order chi connectivity index (χ1) is 8.34. The van der Waals surface area contributed by atoms with Gasteiger partial charge < -0.3 is 4.74 Å². The zero-order valence-corrected chi connectivity index (χ0v) is 11.5. The van der Waals surface area contributed by atoms with Gasteiger partial charge in [0.25, 0.3) is 0 Å². The van der Waals surface area contributed by atoms with Gasteiger partial charge in [0.1, 0.15) is 0 Å². The third-order valence-corrected chi connectivity index (χ3v) is 4.10. The molecule has 0 saturated carbocycles. The molecule has 2 nitrogen and oxygen atoms in total. The van der Waals surface area contributed by atoms with E-state index in [4.69, 9.17) is 16.3 Å². The molecule has 0 unspecified atom stereocenters. The number of ether oxygens (including phenoxy) is 1. The van der Waals surface area contributed by atoms with Gasteiger partial charge in [0, 0.05) is 36.2 Å². The van der Waals surface area contributed by atoms with Crippen molar-refractivity contribution in [3.63, 3.8) is 0 Å². The Hall–Kier alpha value is -0.220. The van der Waals surface area contributed by atoms with E-state index >= 15 is 0 Å². The van der Waals surface area contributed by atoms with Gasteiger partial charge in [-0.2, -0.15) is 11.8 Å². The van der Waals surface area contributed by atoms with Gasteiger partial charge in [-0.3, -0.25) is 4.90 Å². The fourth-order valence-corrected chi connectivity index (χ4v) is 2.87. The van der Waals surface area contributed by atoms with E-state index in [-0.39, 0.29) is 0 Å². The van der Waals surface area contributed by atoms with Crippen LogP contribution in [0.2, 0.25) is 5.02 Å². The second-order valence-electron chi connectivity index (χ2n) is 4.13. The fraction of sp³-hybridized carbons (Fsp3) is 0.538. The second-order valence-corrected chi connectivity index (χ2v) is 5.67. The van der Waals surface area contributed by atoms with Gasteiger partial charge in [0.2, 0.25) is 0 Å². The van der Waals surface area contributed by atoms with Crippen LogP contribution in [0.3, 0.4) is 0 Å². The van der Waals surface area contributed by atoms with E-state index < -0.39 is 0 Å². The Bertz CT molecular complexity index is 325. The van der Waals surface area contributed by atoms with Gasteiger partial charge in [-0.25, -0.2) is 0 Å². The van der Waals surface area contributed by atoms with Crippen molar-refractivity contribution in [2.45, 2.75) is 5.75 Å². The van der Waals surface area contributed by atoms with E-state index in [1.807, 2.05) is 23.9 Å². The molecule has 0 amide bonds. The molecule has 0 aliphatic carbocycles. The number of nitrogens with zero attached hydrogens (tertiary/aromatic N) is 1. The summed E-state index contributed by atoms with van der Waals surface area (Å²) in [6, 6.07) is 8.12. The van der Waals surface area contributed by atoms with E-state index in [1.165, 1.54) is 17.9 Å². The Morgan fingerprint density at radius 3 is 2.59 bits per heavy atom. The SMILES string of the molecule is Clc1ccc(CSCCN2CCOCC2)cc1. The summed E-state index contributed by atoms with van der Waals surface area (Å²) in [6.45, 7) is 5.12. The van der Waals surface area contributed by atoms with Crippen LogP contribution in [0, 0.1) is 0 Å². The highest BCUT2D eigenvalue weighted by atomic mass is 35.5. The quantitative estimate of drug-likeness (QED) is 0.764. The van der Waals surface area contributed by atoms with E-state index in [0.29, 0.717) is 0 Å². The number of halogens is 1. The molecule has 1 aliphatic heterocycles. The summed E-state index contributed by atoms with van der Waals surface area (Å²) in [5.41, 5.74) is 1.35. The first-order valence-corrected chi connectivity index (χ1v) is 7.50. The highest BCUT2D eigenvalue weighted by molar-refractivity contribution is 7.98. The maximum absolute atomic E-state index is 5.85. The molecular formula is C13H18ClNOS. The predicted octanol–water partition coefficient (Wildman–Crippen LogP) is 2.91. The lowest BCUT2D eigenvalue weighted by Gasteiger charge is -2.26. The Labute approximate surface area is 112 Å². The maximum atomic E-state index is 5.85. The molecule has 2 rings (SSSR count). The normalized spacial score (nSPS) is 17.2. The highest BCUT2D eigenvalue weighted by Crippen LogP contribution is 2.15. The van der Waals surface area contributed by atoms with Gasteiger partial charge >= 0.3 is 0 Å².